The molecule has 1 aromatic heterocycles. The first-order valence-corrected chi connectivity index (χ1v) is 5.72. The van der Waals surface area contributed by atoms with Crippen molar-refractivity contribution in [3.63, 3.8) is 0 Å². The topological polar surface area (TPSA) is 49.8 Å². The highest BCUT2D eigenvalue weighted by atomic mass is 16.5. The van der Waals surface area contributed by atoms with Crippen molar-refractivity contribution >= 4 is 0 Å². The van der Waals surface area contributed by atoms with Gasteiger partial charge in [0, 0.05) is 25.1 Å². The molecule has 15 heavy (non-hydrogen) atoms. The van der Waals surface area contributed by atoms with Crippen LogP contribution < -0.4 is 10.5 Å². The van der Waals surface area contributed by atoms with E-state index >= 15 is 0 Å². The zero-order valence-electron chi connectivity index (χ0n) is 9.28. The van der Waals surface area contributed by atoms with Crippen LogP contribution in [0, 0.1) is 0 Å². The highest BCUT2D eigenvalue weighted by Crippen LogP contribution is 2.22. The smallest absolute Gasteiger partial charge is 0.213 e. The zero-order chi connectivity index (χ0) is 10.7. The largest absolute Gasteiger partial charge is 0.474 e. The van der Waals surface area contributed by atoms with E-state index in [2.05, 4.69) is 23.7 Å². The van der Waals surface area contributed by atoms with Gasteiger partial charge < -0.3 is 10.5 Å². The van der Waals surface area contributed by atoms with E-state index in [9.17, 15) is 0 Å². The van der Waals surface area contributed by atoms with Crippen LogP contribution in [0.15, 0.2) is 18.3 Å². The summed E-state index contributed by atoms with van der Waals surface area (Å²) in [6.07, 6.45) is 6.65. The Morgan fingerprint density at radius 3 is 2.80 bits per heavy atom. The molecule has 0 atom stereocenters. The molecule has 0 radical (unpaired) electrons. The molecule has 0 aliphatic heterocycles. The Morgan fingerprint density at radius 2 is 2.27 bits per heavy atom. The van der Waals surface area contributed by atoms with Crippen LogP contribution >= 0.6 is 0 Å². The van der Waals surface area contributed by atoms with Crippen LogP contribution in [0.5, 0.6) is 5.88 Å². The number of aromatic nitrogens is 1. The first-order chi connectivity index (χ1) is 7.28. The van der Waals surface area contributed by atoms with E-state index in [0.29, 0.717) is 12.1 Å². The number of quaternary nitrogens is 1. The molecule has 0 spiro atoms. The van der Waals surface area contributed by atoms with E-state index in [-0.39, 0.29) is 0 Å². The molecule has 3 nitrogen and oxygen atoms in total. The van der Waals surface area contributed by atoms with Gasteiger partial charge in [-0.3, -0.25) is 0 Å². The Kier molecular flexibility index (Phi) is 3.21. The van der Waals surface area contributed by atoms with Crippen LogP contribution in [0.3, 0.4) is 0 Å². The third-order valence-electron chi connectivity index (χ3n) is 2.82. The highest BCUT2D eigenvalue weighted by Gasteiger charge is 2.31. The molecule has 0 saturated heterocycles. The molecule has 0 amide bonds. The van der Waals surface area contributed by atoms with Crippen molar-refractivity contribution in [3.05, 3.63) is 23.9 Å². The second-order valence-corrected chi connectivity index (χ2v) is 4.33. The first-order valence-electron chi connectivity index (χ1n) is 5.72. The highest BCUT2D eigenvalue weighted by molar-refractivity contribution is 5.18. The van der Waals surface area contributed by atoms with Crippen molar-refractivity contribution < 1.29 is 10.5 Å². The average Bonchev–Trinajstić information content (AvgIpc) is 2.19. The summed E-state index contributed by atoms with van der Waals surface area (Å²) in [6.45, 7) is 2.17. The van der Waals surface area contributed by atoms with Crippen LogP contribution in [-0.4, -0.2) is 17.1 Å². The third kappa shape index (κ3) is 2.69. The zero-order valence-corrected chi connectivity index (χ0v) is 9.28. The number of ether oxygens (including phenoxy) is 1. The minimum absolute atomic E-state index is 0.344. The molecular weight excluding hydrogens is 188 g/mol. The second-order valence-electron chi connectivity index (χ2n) is 4.33. The van der Waals surface area contributed by atoms with Crippen LogP contribution in [0.1, 0.15) is 31.7 Å². The summed E-state index contributed by atoms with van der Waals surface area (Å²) in [5.41, 5.74) is 5.26. The molecular formula is C12H19N2O+. The number of rotatable bonds is 4. The Balaban J connectivity index is 1.87. The number of aryl methyl sites for hydroxylation is 1. The monoisotopic (exact) mass is 207 g/mol. The van der Waals surface area contributed by atoms with Crippen LogP contribution in [-0.2, 0) is 6.42 Å². The third-order valence-corrected chi connectivity index (χ3v) is 2.82. The van der Waals surface area contributed by atoms with Crippen molar-refractivity contribution in [1.29, 1.82) is 0 Å². The molecule has 1 fully saturated rings. The predicted molar refractivity (Wildman–Crippen MR) is 58.6 cm³/mol. The van der Waals surface area contributed by atoms with E-state index in [4.69, 9.17) is 4.74 Å². The van der Waals surface area contributed by atoms with Gasteiger partial charge in [-0.1, -0.05) is 19.4 Å². The summed E-state index contributed by atoms with van der Waals surface area (Å²) >= 11 is 0. The Hall–Kier alpha value is -1.09. The van der Waals surface area contributed by atoms with E-state index in [1.807, 2.05) is 12.3 Å². The maximum atomic E-state index is 5.70. The normalized spacial score (nSPS) is 24.7. The first kappa shape index (κ1) is 10.4. The number of nitrogens with zero attached hydrogens (tertiary/aromatic N) is 1. The van der Waals surface area contributed by atoms with Crippen molar-refractivity contribution in [2.75, 3.05) is 0 Å². The minimum atomic E-state index is 0.344. The fourth-order valence-corrected chi connectivity index (χ4v) is 1.86. The maximum Gasteiger partial charge on any atom is 0.213 e. The van der Waals surface area contributed by atoms with Crippen LogP contribution in [0.2, 0.25) is 0 Å². The molecule has 1 heterocycles. The number of hydrogen-bond acceptors (Lipinski definition) is 2. The fourth-order valence-electron chi connectivity index (χ4n) is 1.86. The summed E-state index contributed by atoms with van der Waals surface area (Å²) in [6, 6.07) is 4.66. The predicted octanol–water partition coefficient (Wildman–Crippen LogP) is 1.19. The molecule has 3 heteroatoms. The van der Waals surface area contributed by atoms with Gasteiger partial charge in [0.1, 0.15) is 6.10 Å². The molecule has 1 saturated carbocycles. The summed E-state index contributed by atoms with van der Waals surface area (Å²) in [5.74, 6) is 0.756. The molecule has 0 unspecified atom stereocenters. The number of hydrogen-bond donors (Lipinski definition) is 1. The van der Waals surface area contributed by atoms with Gasteiger partial charge in [-0.25, -0.2) is 4.98 Å². The Morgan fingerprint density at radius 1 is 1.47 bits per heavy atom. The maximum absolute atomic E-state index is 5.70. The Bertz CT molecular complexity index is 304. The standard InChI is InChI=1S/C12H18N2O/c1-2-3-9-4-5-12(14-8-9)15-11-6-10(13)7-11/h4-5,8,10-11H,2-3,6-7,13H2,1H3/p+1. The molecule has 1 aliphatic rings. The summed E-state index contributed by atoms with van der Waals surface area (Å²) < 4.78 is 5.70. The second kappa shape index (κ2) is 4.62. The van der Waals surface area contributed by atoms with Crippen LogP contribution in [0.4, 0.5) is 0 Å². The molecule has 3 N–H and O–H groups in total. The molecule has 82 valence electrons. The van der Waals surface area contributed by atoms with E-state index < -0.39 is 0 Å². The number of pyridine rings is 1. The summed E-state index contributed by atoms with van der Waals surface area (Å²) in [5, 5.41) is 0. The lowest BCUT2D eigenvalue weighted by Gasteiger charge is -2.29. The summed E-state index contributed by atoms with van der Waals surface area (Å²) in [4.78, 5) is 4.30. The van der Waals surface area contributed by atoms with Crippen molar-refractivity contribution in [2.24, 2.45) is 0 Å². The van der Waals surface area contributed by atoms with Gasteiger partial charge in [0.25, 0.3) is 0 Å². The summed E-state index contributed by atoms with van der Waals surface area (Å²) in [7, 11) is 0. The molecule has 0 aromatic carbocycles. The van der Waals surface area contributed by atoms with Gasteiger partial charge in [0.15, 0.2) is 0 Å². The van der Waals surface area contributed by atoms with Gasteiger partial charge >= 0.3 is 0 Å². The quantitative estimate of drug-likeness (QED) is 0.806. The lowest BCUT2D eigenvalue weighted by Crippen LogP contribution is -2.68. The van der Waals surface area contributed by atoms with Gasteiger partial charge in [0.2, 0.25) is 5.88 Å². The lowest BCUT2D eigenvalue weighted by atomic mass is 9.90. The Labute approximate surface area is 90.7 Å². The lowest BCUT2D eigenvalue weighted by molar-refractivity contribution is -0.446. The average molecular weight is 207 g/mol. The SMILES string of the molecule is CCCc1ccc(OC2CC([NH3+])C2)nc1. The minimum Gasteiger partial charge on any atom is -0.474 e. The molecule has 2 rings (SSSR count). The van der Waals surface area contributed by atoms with Crippen molar-refractivity contribution in [3.8, 4) is 5.88 Å². The van der Waals surface area contributed by atoms with Gasteiger partial charge in [-0.2, -0.15) is 0 Å². The van der Waals surface area contributed by atoms with E-state index in [0.717, 1.165) is 31.6 Å². The fraction of sp³-hybridized carbons (Fsp3) is 0.583. The molecule has 1 aromatic rings. The van der Waals surface area contributed by atoms with Gasteiger partial charge in [-0.05, 0) is 12.0 Å². The van der Waals surface area contributed by atoms with Crippen molar-refractivity contribution in [2.45, 2.75) is 44.8 Å². The molecule has 1 aliphatic carbocycles. The molecule has 0 bridgehead atoms. The van der Waals surface area contributed by atoms with Crippen LogP contribution in [0.25, 0.3) is 0 Å². The van der Waals surface area contributed by atoms with Gasteiger partial charge in [-0.15, -0.1) is 0 Å². The van der Waals surface area contributed by atoms with E-state index in [1.165, 1.54) is 5.56 Å². The van der Waals surface area contributed by atoms with E-state index in [1.54, 1.807) is 0 Å². The van der Waals surface area contributed by atoms with Crippen molar-refractivity contribution in [1.82, 2.24) is 4.98 Å². The van der Waals surface area contributed by atoms with Gasteiger partial charge in [0.05, 0.1) is 6.04 Å².